The van der Waals surface area contributed by atoms with Crippen molar-refractivity contribution >= 4 is 17.3 Å². The average molecular weight is 421 g/mol. The molecular formula is C21H18F3NO3S. The van der Waals surface area contributed by atoms with E-state index < -0.39 is 17.7 Å². The van der Waals surface area contributed by atoms with Gasteiger partial charge in [-0.2, -0.15) is 13.2 Å². The van der Waals surface area contributed by atoms with Gasteiger partial charge in [0.05, 0.1) is 29.3 Å². The van der Waals surface area contributed by atoms with E-state index in [-0.39, 0.29) is 6.42 Å². The van der Waals surface area contributed by atoms with Crippen molar-refractivity contribution in [1.29, 1.82) is 0 Å². The maximum absolute atomic E-state index is 12.6. The number of aromatic nitrogens is 1. The van der Waals surface area contributed by atoms with E-state index in [2.05, 4.69) is 4.98 Å². The van der Waals surface area contributed by atoms with E-state index in [0.29, 0.717) is 42.0 Å². The molecule has 0 aliphatic heterocycles. The molecule has 0 bridgehead atoms. The van der Waals surface area contributed by atoms with Gasteiger partial charge in [0.25, 0.3) is 0 Å². The minimum absolute atomic E-state index is 0.0525. The summed E-state index contributed by atoms with van der Waals surface area (Å²) in [5, 5.41) is 11.5. The zero-order valence-corrected chi connectivity index (χ0v) is 16.1. The van der Waals surface area contributed by atoms with Crippen LogP contribution in [0, 0.1) is 0 Å². The maximum atomic E-state index is 12.6. The molecule has 2 aromatic carbocycles. The van der Waals surface area contributed by atoms with Gasteiger partial charge >= 0.3 is 12.1 Å². The number of hydrogen-bond donors (Lipinski definition) is 1. The van der Waals surface area contributed by atoms with Crippen LogP contribution < -0.4 is 4.74 Å². The first-order chi connectivity index (χ1) is 13.8. The van der Waals surface area contributed by atoms with Gasteiger partial charge in [0.15, 0.2) is 0 Å². The molecule has 1 N–H and O–H groups in total. The van der Waals surface area contributed by atoms with Crippen molar-refractivity contribution < 1.29 is 27.8 Å². The maximum Gasteiger partial charge on any atom is 0.416 e. The number of carboxylic acids is 1. The summed E-state index contributed by atoms with van der Waals surface area (Å²) < 4.78 is 43.6. The summed E-state index contributed by atoms with van der Waals surface area (Å²) in [4.78, 5) is 15.2. The van der Waals surface area contributed by atoms with Crippen LogP contribution in [0.1, 0.15) is 22.6 Å². The highest BCUT2D eigenvalue weighted by Crippen LogP contribution is 2.31. The number of aliphatic carboxylic acids is 1. The molecule has 8 heteroatoms. The smallest absolute Gasteiger partial charge is 0.416 e. The molecule has 152 valence electrons. The van der Waals surface area contributed by atoms with Gasteiger partial charge in [-0.3, -0.25) is 4.79 Å². The van der Waals surface area contributed by atoms with E-state index >= 15 is 0 Å². The molecule has 0 unspecified atom stereocenters. The molecule has 0 atom stereocenters. The Kier molecular flexibility index (Phi) is 6.53. The number of halogens is 3. The van der Waals surface area contributed by atoms with E-state index in [1.54, 1.807) is 24.3 Å². The first-order valence-electron chi connectivity index (χ1n) is 8.87. The molecule has 0 fully saturated rings. The molecular weight excluding hydrogens is 403 g/mol. The van der Waals surface area contributed by atoms with E-state index in [0.717, 1.165) is 17.1 Å². The van der Waals surface area contributed by atoms with Gasteiger partial charge in [0.2, 0.25) is 0 Å². The number of thiazole rings is 1. The van der Waals surface area contributed by atoms with Gasteiger partial charge in [0.1, 0.15) is 5.75 Å². The second-order valence-electron chi connectivity index (χ2n) is 6.37. The van der Waals surface area contributed by atoms with Gasteiger partial charge in [-0.1, -0.05) is 24.3 Å². The van der Waals surface area contributed by atoms with Gasteiger partial charge in [0, 0.05) is 17.4 Å². The number of hydrogen-bond acceptors (Lipinski definition) is 4. The van der Waals surface area contributed by atoms with Crippen LogP contribution in [0.3, 0.4) is 0 Å². The zero-order chi connectivity index (χ0) is 20.9. The fraction of sp³-hybridized carbons (Fsp3) is 0.238. The normalized spacial score (nSPS) is 11.4. The minimum Gasteiger partial charge on any atom is -0.494 e. The van der Waals surface area contributed by atoms with Crippen LogP contribution in [0.5, 0.6) is 5.75 Å². The number of aryl methyl sites for hydroxylation is 1. The molecule has 1 heterocycles. The quantitative estimate of drug-likeness (QED) is 0.490. The Morgan fingerprint density at radius 2 is 1.90 bits per heavy atom. The molecule has 3 aromatic rings. The SMILES string of the molecule is O=C(O)Cc1cccc(OCCCc2nc(-c3ccc(C(F)(F)F)cc3)cs2)c1. The predicted octanol–water partition coefficient (Wildman–Crippen LogP) is 5.47. The van der Waals surface area contributed by atoms with Crippen LogP contribution in [0.25, 0.3) is 11.3 Å². The first kappa shape index (κ1) is 20.9. The summed E-state index contributed by atoms with van der Waals surface area (Å²) in [6, 6.07) is 11.9. The average Bonchev–Trinajstić information content (AvgIpc) is 3.13. The summed E-state index contributed by atoms with van der Waals surface area (Å²) in [6.07, 6.45) is -3.01. The molecule has 4 nitrogen and oxygen atoms in total. The number of rotatable bonds is 8. The van der Waals surface area contributed by atoms with Crippen molar-refractivity contribution in [3.63, 3.8) is 0 Å². The zero-order valence-electron chi connectivity index (χ0n) is 15.3. The highest BCUT2D eigenvalue weighted by molar-refractivity contribution is 7.09. The molecule has 0 amide bonds. The van der Waals surface area contributed by atoms with Crippen LogP contribution in [0.2, 0.25) is 0 Å². The first-order valence-corrected chi connectivity index (χ1v) is 9.75. The van der Waals surface area contributed by atoms with Crippen molar-refractivity contribution in [2.75, 3.05) is 6.61 Å². The highest BCUT2D eigenvalue weighted by atomic mass is 32.1. The summed E-state index contributed by atoms with van der Waals surface area (Å²) in [7, 11) is 0. The highest BCUT2D eigenvalue weighted by Gasteiger charge is 2.30. The largest absolute Gasteiger partial charge is 0.494 e. The van der Waals surface area contributed by atoms with E-state index in [4.69, 9.17) is 9.84 Å². The number of ether oxygens (including phenoxy) is 1. The number of benzene rings is 2. The molecule has 1 aromatic heterocycles. The van der Waals surface area contributed by atoms with Crippen molar-refractivity contribution in [2.45, 2.75) is 25.4 Å². The topological polar surface area (TPSA) is 59.4 Å². The van der Waals surface area contributed by atoms with Gasteiger partial charge in [-0.25, -0.2) is 4.98 Å². The monoisotopic (exact) mass is 421 g/mol. The Hall–Kier alpha value is -2.87. The lowest BCUT2D eigenvalue weighted by molar-refractivity contribution is -0.138. The van der Waals surface area contributed by atoms with Crippen LogP contribution in [-0.2, 0) is 23.8 Å². The third kappa shape index (κ3) is 6.05. The summed E-state index contributed by atoms with van der Waals surface area (Å²) in [6.45, 7) is 0.450. The fourth-order valence-corrected chi connectivity index (χ4v) is 3.57. The molecule has 0 saturated heterocycles. The van der Waals surface area contributed by atoms with Crippen molar-refractivity contribution in [3.8, 4) is 17.0 Å². The number of carbonyl (C=O) groups is 1. The van der Waals surface area contributed by atoms with Crippen LogP contribution >= 0.6 is 11.3 Å². The standard InChI is InChI=1S/C21H18F3NO3S/c22-21(23,24)16-8-6-15(7-9-16)18-13-29-19(25-18)5-2-10-28-17-4-1-3-14(11-17)12-20(26)27/h1,3-4,6-9,11,13H,2,5,10,12H2,(H,26,27). The molecule has 0 aliphatic carbocycles. The summed E-state index contributed by atoms with van der Waals surface area (Å²) >= 11 is 1.46. The second-order valence-corrected chi connectivity index (χ2v) is 7.31. The lowest BCUT2D eigenvalue weighted by Crippen LogP contribution is -2.04. The summed E-state index contributed by atoms with van der Waals surface area (Å²) in [5.74, 6) is -0.275. The van der Waals surface area contributed by atoms with Crippen LogP contribution in [0.15, 0.2) is 53.9 Å². The Bertz CT molecular complexity index is 968. The van der Waals surface area contributed by atoms with Gasteiger partial charge in [-0.15, -0.1) is 11.3 Å². The van der Waals surface area contributed by atoms with E-state index in [1.807, 2.05) is 5.38 Å². The minimum atomic E-state index is -4.35. The number of alkyl halides is 3. The Labute approximate surface area is 169 Å². The molecule has 3 rings (SSSR count). The van der Waals surface area contributed by atoms with E-state index in [1.165, 1.54) is 23.5 Å². The third-order valence-corrected chi connectivity index (χ3v) is 5.03. The molecule has 0 radical (unpaired) electrons. The van der Waals surface area contributed by atoms with Crippen molar-refractivity contribution in [1.82, 2.24) is 4.98 Å². The van der Waals surface area contributed by atoms with E-state index in [9.17, 15) is 18.0 Å². The van der Waals surface area contributed by atoms with Crippen molar-refractivity contribution in [2.24, 2.45) is 0 Å². The third-order valence-electron chi connectivity index (χ3n) is 4.12. The van der Waals surface area contributed by atoms with Gasteiger partial charge < -0.3 is 9.84 Å². The van der Waals surface area contributed by atoms with Crippen LogP contribution in [-0.4, -0.2) is 22.7 Å². The molecule has 0 spiro atoms. The predicted molar refractivity (Wildman–Crippen MR) is 104 cm³/mol. The lowest BCUT2D eigenvalue weighted by atomic mass is 10.1. The van der Waals surface area contributed by atoms with Crippen molar-refractivity contribution in [3.05, 3.63) is 70.0 Å². The molecule has 0 saturated carbocycles. The Balaban J connectivity index is 1.50. The molecule has 0 aliphatic rings. The van der Waals surface area contributed by atoms with Gasteiger partial charge in [-0.05, 0) is 36.2 Å². The number of carboxylic acid groups (broad SMARTS) is 1. The second kappa shape index (κ2) is 9.09. The lowest BCUT2D eigenvalue weighted by Gasteiger charge is -2.07. The fourth-order valence-electron chi connectivity index (χ4n) is 2.72. The van der Waals surface area contributed by atoms with Crippen LogP contribution in [0.4, 0.5) is 13.2 Å². The Morgan fingerprint density at radius 3 is 2.59 bits per heavy atom. The number of nitrogens with zero attached hydrogens (tertiary/aromatic N) is 1. The Morgan fingerprint density at radius 1 is 1.14 bits per heavy atom. The molecule has 29 heavy (non-hydrogen) atoms. The summed E-state index contributed by atoms with van der Waals surface area (Å²) in [5.41, 5.74) is 1.30.